The lowest BCUT2D eigenvalue weighted by Gasteiger charge is -2.20. The molecule has 0 fully saturated rings. The Morgan fingerprint density at radius 1 is 0.952 bits per heavy atom. The molecule has 0 aliphatic rings. The molecule has 2 nitrogen and oxygen atoms in total. The van der Waals surface area contributed by atoms with Crippen molar-refractivity contribution in [3.05, 3.63) is 48.0 Å². The van der Waals surface area contributed by atoms with Crippen LogP contribution < -0.4 is 5.32 Å². The highest BCUT2D eigenvalue weighted by Crippen LogP contribution is 2.29. The van der Waals surface area contributed by atoms with Crippen molar-refractivity contribution in [2.75, 3.05) is 0 Å². The van der Waals surface area contributed by atoms with Gasteiger partial charge in [-0.2, -0.15) is 0 Å². The Morgan fingerprint density at radius 2 is 1.67 bits per heavy atom. The van der Waals surface area contributed by atoms with Gasteiger partial charge in [0.15, 0.2) is 0 Å². The van der Waals surface area contributed by atoms with Crippen LogP contribution in [0.5, 0.6) is 0 Å². The van der Waals surface area contributed by atoms with Crippen LogP contribution in [0.4, 0.5) is 0 Å². The first-order valence-electron chi connectivity index (χ1n) is 7.74. The standard InChI is InChI=1S/C19H24N2/c1-5-21-17-9-7-6-8-15(17)16-12-14(10-11-18(16)21)13-20-19(2,3)4/h6-12,20H,5,13H2,1-4H3. The largest absolute Gasteiger partial charge is 0.341 e. The van der Waals surface area contributed by atoms with Gasteiger partial charge >= 0.3 is 0 Å². The number of aryl methyl sites for hydroxylation is 1. The number of nitrogens with one attached hydrogen (secondary N) is 1. The zero-order valence-corrected chi connectivity index (χ0v) is 13.4. The molecule has 0 amide bonds. The predicted octanol–water partition coefficient (Wildman–Crippen LogP) is 4.70. The van der Waals surface area contributed by atoms with Crippen molar-refractivity contribution in [2.45, 2.75) is 46.3 Å². The topological polar surface area (TPSA) is 17.0 Å². The minimum atomic E-state index is 0.145. The maximum atomic E-state index is 3.56. The van der Waals surface area contributed by atoms with E-state index in [1.165, 1.54) is 27.4 Å². The Balaban J connectivity index is 2.11. The molecule has 0 atom stereocenters. The fourth-order valence-electron chi connectivity index (χ4n) is 2.92. The Kier molecular flexibility index (Phi) is 3.50. The summed E-state index contributed by atoms with van der Waals surface area (Å²) in [6.45, 7) is 10.7. The van der Waals surface area contributed by atoms with E-state index in [4.69, 9.17) is 0 Å². The molecule has 0 saturated heterocycles. The average molecular weight is 280 g/mol. The van der Waals surface area contributed by atoms with Crippen LogP contribution in [0.15, 0.2) is 42.5 Å². The van der Waals surface area contributed by atoms with Crippen LogP contribution in [0, 0.1) is 0 Å². The molecule has 2 heteroatoms. The van der Waals surface area contributed by atoms with Gasteiger partial charge in [-0.15, -0.1) is 0 Å². The number of nitrogens with zero attached hydrogens (tertiary/aromatic N) is 1. The number of benzene rings is 2. The molecule has 0 saturated carbocycles. The van der Waals surface area contributed by atoms with Crippen molar-refractivity contribution < 1.29 is 0 Å². The highest BCUT2D eigenvalue weighted by atomic mass is 15.0. The van der Waals surface area contributed by atoms with Crippen LogP contribution in [0.2, 0.25) is 0 Å². The third-order valence-electron chi connectivity index (χ3n) is 3.98. The lowest BCUT2D eigenvalue weighted by molar-refractivity contribution is 0.424. The summed E-state index contributed by atoms with van der Waals surface area (Å²) in [6.07, 6.45) is 0. The second-order valence-electron chi connectivity index (χ2n) is 6.72. The normalized spacial score (nSPS) is 12.4. The van der Waals surface area contributed by atoms with Crippen molar-refractivity contribution in [1.29, 1.82) is 0 Å². The van der Waals surface area contributed by atoms with E-state index in [-0.39, 0.29) is 5.54 Å². The summed E-state index contributed by atoms with van der Waals surface area (Å²) in [5, 5.41) is 6.28. The second-order valence-corrected chi connectivity index (χ2v) is 6.72. The smallest absolute Gasteiger partial charge is 0.0491 e. The van der Waals surface area contributed by atoms with Crippen LogP contribution >= 0.6 is 0 Å². The Hall–Kier alpha value is -1.80. The second kappa shape index (κ2) is 5.19. The van der Waals surface area contributed by atoms with Gasteiger partial charge in [-0.3, -0.25) is 0 Å². The molecule has 0 aliphatic carbocycles. The van der Waals surface area contributed by atoms with Crippen molar-refractivity contribution in [2.24, 2.45) is 0 Å². The molecular formula is C19H24N2. The predicted molar refractivity (Wildman–Crippen MR) is 91.7 cm³/mol. The number of hydrogen-bond acceptors (Lipinski definition) is 1. The van der Waals surface area contributed by atoms with E-state index in [1.54, 1.807) is 0 Å². The third kappa shape index (κ3) is 2.68. The molecule has 1 heterocycles. The molecule has 0 spiro atoms. The maximum absolute atomic E-state index is 3.56. The molecule has 0 aliphatic heterocycles. The summed E-state index contributed by atoms with van der Waals surface area (Å²) in [5.74, 6) is 0. The minimum absolute atomic E-state index is 0.145. The van der Waals surface area contributed by atoms with Crippen molar-refractivity contribution >= 4 is 21.8 Å². The summed E-state index contributed by atoms with van der Waals surface area (Å²) in [4.78, 5) is 0. The molecule has 1 aromatic heterocycles. The van der Waals surface area contributed by atoms with Gasteiger partial charge in [0.2, 0.25) is 0 Å². The quantitative estimate of drug-likeness (QED) is 0.735. The summed E-state index contributed by atoms with van der Waals surface area (Å²) in [7, 11) is 0. The van der Waals surface area contributed by atoms with Gasteiger partial charge in [0.05, 0.1) is 0 Å². The first-order valence-corrected chi connectivity index (χ1v) is 7.74. The molecule has 3 rings (SSSR count). The molecular weight excluding hydrogens is 256 g/mol. The maximum Gasteiger partial charge on any atom is 0.0491 e. The van der Waals surface area contributed by atoms with E-state index in [9.17, 15) is 0 Å². The number of hydrogen-bond donors (Lipinski definition) is 1. The van der Waals surface area contributed by atoms with Crippen molar-refractivity contribution in [3.63, 3.8) is 0 Å². The first-order chi connectivity index (χ1) is 9.99. The zero-order valence-electron chi connectivity index (χ0n) is 13.4. The first kappa shape index (κ1) is 14.2. The minimum Gasteiger partial charge on any atom is -0.341 e. The van der Waals surface area contributed by atoms with Crippen LogP contribution in [-0.4, -0.2) is 10.1 Å². The van der Waals surface area contributed by atoms with Gasteiger partial charge in [0, 0.05) is 40.4 Å². The highest BCUT2D eigenvalue weighted by molar-refractivity contribution is 6.08. The van der Waals surface area contributed by atoms with E-state index in [1.807, 2.05) is 0 Å². The Labute approximate surface area is 126 Å². The molecule has 0 bridgehead atoms. The Morgan fingerprint density at radius 3 is 2.38 bits per heavy atom. The lowest BCUT2D eigenvalue weighted by atomic mass is 10.1. The van der Waals surface area contributed by atoms with E-state index in [0.29, 0.717) is 0 Å². The molecule has 3 aromatic rings. The fourth-order valence-corrected chi connectivity index (χ4v) is 2.92. The summed E-state index contributed by atoms with van der Waals surface area (Å²) >= 11 is 0. The summed E-state index contributed by atoms with van der Waals surface area (Å²) < 4.78 is 2.39. The zero-order chi connectivity index (χ0) is 15.0. The molecule has 0 radical (unpaired) electrons. The van der Waals surface area contributed by atoms with Gasteiger partial charge < -0.3 is 9.88 Å². The van der Waals surface area contributed by atoms with Gasteiger partial charge in [-0.1, -0.05) is 24.3 Å². The molecule has 0 unspecified atom stereocenters. The van der Waals surface area contributed by atoms with E-state index >= 15 is 0 Å². The van der Waals surface area contributed by atoms with E-state index < -0.39 is 0 Å². The SMILES string of the molecule is CCn1c2ccccc2c2cc(CNC(C)(C)C)ccc21. The van der Waals surface area contributed by atoms with Gasteiger partial charge in [-0.25, -0.2) is 0 Å². The number of rotatable bonds is 3. The van der Waals surface area contributed by atoms with Crippen LogP contribution in [0.25, 0.3) is 21.8 Å². The highest BCUT2D eigenvalue weighted by Gasteiger charge is 2.11. The average Bonchev–Trinajstić information content (AvgIpc) is 2.77. The van der Waals surface area contributed by atoms with Crippen molar-refractivity contribution in [1.82, 2.24) is 9.88 Å². The third-order valence-corrected chi connectivity index (χ3v) is 3.98. The van der Waals surface area contributed by atoms with Gasteiger partial charge in [0.25, 0.3) is 0 Å². The monoisotopic (exact) mass is 280 g/mol. The van der Waals surface area contributed by atoms with E-state index in [0.717, 1.165) is 13.1 Å². The van der Waals surface area contributed by atoms with Crippen LogP contribution in [0.1, 0.15) is 33.3 Å². The summed E-state index contributed by atoms with van der Waals surface area (Å²) in [5.41, 5.74) is 4.15. The lowest BCUT2D eigenvalue weighted by Crippen LogP contribution is -2.35. The van der Waals surface area contributed by atoms with E-state index in [2.05, 4.69) is 80.0 Å². The van der Waals surface area contributed by atoms with Crippen LogP contribution in [0.3, 0.4) is 0 Å². The molecule has 21 heavy (non-hydrogen) atoms. The van der Waals surface area contributed by atoms with Gasteiger partial charge in [-0.05, 0) is 51.5 Å². The fraction of sp³-hybridized carbons (Fsp3) is 0.368. The number of fused-ring (bicyclic) bond motifs is 3. The van der Waals surface area contributed by atoms with Crippen LogP contribution in [-0.2, 0) is 13.1 Å². The molecule has 1 N–H and O–H groups in total. The Bertz CT molecular complexity index is 775. The van der Waals surface area contributed by atoms with Gasteiger partial charge in [0.1, 0.15) is 0 Å². The molecule has 2 aromatic carbocycles. The molecule has 110 valence electrons. The van der Waals surface area contributed by atoms with Crippen molar-refractivity contribution in [3.8, 4) is 0 Å². The number of para-hydroxylation sites is 1. The number of aromatic nitrogens is 1. The summed E-state index contributed by atoms with van der Waals surface area (Å²) in [6, 6.07) is 15.5.